The Hall–Kier alpha value is -4.93. The van der Waals surface area contributed by atoms with Crippen LogP contribution >= 0.6 is 0 Å². The highest BCUT2D eigenvalue weighted by Crippen LogP contribution is 2.41. The number of aliphatic hydroxyl groups excluding tert-OH is 2. The SMILES string of the molecule is O=C(Nc1ccn([C@@H]2O[C@H](COC(c3ccccc3)(c3ccccc3)c3ccccc3)[C@@H](O)[C@H]2O)c(=O)n1)c1ccccc1. The summed E-state index contributed by atoms with van der Waals surface area (Å²) in [6, 6.07) is 39.3. The van der Waals surface area contributed by atoms with Crippen LogP contribution in [0.15, 0.2) is 138 Å². The second-order valence-electron chi connectivity index (χ2n) is 10.5. The van der Waals surface area contributed by atoms with E-state index < -0.39 is 41.7 Å². The molecule has 0 saturated carbocycles. The Morgan fingerprint density at radius 1 is 0.773 bits per heavy atom. The Morgan fingerprint density at radius 2 is 1.27 bits per heavy atom. The topological polar surface area (TPSA) is 123 Å². The predicted molar refractivity (Wildman–Crippen MR) is 164 cm³/mol. The van der Waals surface area contributed by atoms with E-state index in [1.807, 2.05) is 91.0 Å². The van der Waals surface area contributed by atoms with Gasteiger partial charge in [-0.25, -0.2) is 4.79 Å². The van der Waals surface area contributed by atoms with Crippen LogP contribution in [0.4, 0.5) is 5.82 Å². The predicted octanol–water partition coefficient (Wildman–Crippen LogP) is 4.12. The van der Waals surface area contributed by atoms with Crippen LogP contribution in [0.3, 0.4) is 0 Å². The van der Waals surface area contributed by atoms with Crippen LogP contribution in [-0.4, -0.2) is 50.6 Å². The molecule has 0 unspecified atom stereocenters. The van der Waals surface area contributed by atoms with Gasteiger partial charge in [0, 0.05) is 11.8 Å². The van der Waals surface area contributed by atoms with Gasteiger partial charge in [-0.2, -0.15) is 4.98 Å². The molecule has 2 heterocycles. The molecule has 0 radical (unpaired) electrons. The molecule has 4 aromatic carbocycles. The van der Waals surface area contributed by atoms with E-state index in [9.17, 15) is 19.8 Å². The third-order valence-electron chi connectivity index (χ3n) is 7.72. The molecular weight excluding hydrogens is 558 g/mol. The molecule has 1 aliphatic rings. The minimum Gasteiger partial charge on any atom is -0.387 e. The number of aliphatic hydroxyl groups is 2. The Kier molecular flexibility index (Phi) is 8.44. The molecule has 0 aliphatic carbocycles. The maximum Gasteiger partial charge on any atom is 0.351 e. The summed E-state index contributed by atoms with van der Waals surface area (Å²) >= 11 is 0. The zero-order valence-corrected chi connectivity index (χ0v) is 23.6. The molecule has 0 spiro atoms. The van der Waals surface area contributed by atoms with Gasteiger partial charge in [-0.3, -0.25) is 9.36 Å². The molecule has 0 bridgehead atoms. The number of carbonyl (C=O) groups excluding carboxylic acids is 1. The molecule has 4 atom stereocenters. The Labute approximate surface area is 254 Å². The largest absolute Gasteiger partial charge is 0.387 e. The van der Waals surface area contributed by atoms with Crippen LogP contribution in [0, 0.1) is 0 Å². The van der Waals surface area contributed by atoms with Crippen LogP contribution in [-0.2, 0) is 15.1 Å². The molecule has 44 heavy (non-hydrogen) atoms. The van der Waals surface area contributed by atoms with Crippen molar-refractivity contribution in [2.75, 3.05) is 11.9 Å². The fraction of sp³-hybridized carbons (Fsp3) is 0.171. The number of ether oxygens (including phenoxy) is 2. The summed E-state index contributed by atoms with van der Waals surface area (Å²) in [6.45, 7) is -0.110. The van der Waals surface area contributed by atoms with Crippen molar-refractivity contribution in [2.24, 2.45) is 0 Å². The first-order valence-corrected chi connectivity index (χ1v) is 14.2. The van der Waals surface area contributed by atoms with Gasteiger partial charge in [0.25, 0.3) is 5.91 Å². The van der Waals surface area contributed by atoms with Crippen LogP contribution in [0.1, 0.15) is 33.3 Å². The normalized spacial score (nSPS) is 19.9. The molecule has 3 N–H and O–H groups in total. The quantitative estimate of drug-likeness (QED) is 0.221. The smallest absolute Gasteiger partial charge is 0.351 e. The zero-order valence-electron chi connectivity index (χ0n) is 23.6. The number of amides is 1. The lowest BCUT2D eigenvalue weighted by atomic mass is 9.80. The van der Waals surface area contributed by atoms with Gasteiger partial charge in [0.1, 0.15) is 29.7 Å². The van der Waals surface area contributed by atoms with Gasteiger partial charge in [-0.1, -0.05) is 109 Å². The van der Waals surface area contributed by atoms with Crippen molar-refractivity contribution in [1.82, 2.24) is 9.55 Å². The van der Waals surface area contributed by atoms with E-state index in [0.29, 0.717) is 5.56 Å². The lowest BCUT2D eigenvalue weighted by Gasteiger charge is -2.37. The van der Waals surface area contributed by atoms with Crippen molar-refractivity contribution >= 4 is 11.7 Å². The van der Waals surface area contributed by atoms with Crippen molar-refractivity contribution in [1.29, 1.82) is 0 Å². The molecule has 9 heteroatoms. The lowest BCUT2D eigenvalue weighted by molar-refractivity contribution is -0.0958. The first-order chi connectivity index (χ1) is 21.5. The van der Waals surface area contributed by atoms with Gasteiger partial charge in [-0.15, -0.1) is 0 Å². The van der Waals surface area contributed by atoms with Crippen molar-refractivity contribution < 1.29 is 24.5 Å². The van der Waals surface area contributed by atoms with Gasteiger partial charge in [0.05, 0.1) is 6.61 Å². The average Bonchev–Trinajstić information content (AvgIpc) is 3.35. The van der Waals surface area contributed by atoms with Gasteiger partial charge in [0.15, 0.2) is 6.23 Å². The lowest BCUT2D eigenvalue weighted by Crippen LogP contribution is -2.39. The average molecular weight is 590 g/mol. The molecule has 6 rings (SSSR count). The van der Waals surface area contributed by atoms with Crippen molar-refractivity contribution in [2.45, 2.75) is 30.1 Å². The van der Waals surface area contributed by atoms with Gasteiger partial charge in [0.2, 0.25) is 0 Å². The van der Waals surface area contributed by atoms with Crippen LogP contribution < -0.4 is 11.0 Å². The molecule has 222 valence electrons. The summed E-state index contributed by atoms with van der Waals surface area (Å²) in [4.78, 5) is 29.4. The number of nitrogens with one attached hydrogen (secondary N) is 1. The number of benzene rings is 4. The number of hydrogen-bond donors (Lipinski definition) is 3. The molecular formula is C35H31N3O6. The number of anilines is 1. The summed E-state index contributed by atoms with van der Waals surface area (Å²) in [5, 5.41) is 24.6. The van der Waals surface area contributed by atoms with Crippen LogP contribution in [0.2, 0.25) is 0 Å². The highest BCUT2D eigenvalue weighted by atomic mass is 16.6. The third-order valence-corrected chi connectivity index (χ3v) is 7.72. The molecule has 1 amide bonds. The molecule has 9 nitrogen and oxygen atoms in total. The first-order valence-electron chi connectivity index (χ1n) is 14.2. The Morgan fingerprint density at radius 3 is 1.77 bits per heavy atom. The Balaban J connectivity index is 1.26. The van der Waals surface area contributed by atoms with E-state index in [1.165, 1.54) is 12.3 Å². The third kappa shape index (κ3) is 5.69. The van der Waals surface area contributed by atoms with Gasteiger partial charge < -0.3 is 25.0 Å². The highest BCUT2D eigenvalue weighted by molar-refractivity contribution is 6.03. The van der Waals surface area contributed by atoms with E-state index in [-0.39, 0.29) is 12.4 Å². The van der Waals surface area contributed by atoms with Crippen LogP contribution in [0.25, 0.3) is 0 Å². The van der Waals surface area contributed by atoms with Gasteiger partial charge in [-0.05, 0) is 34.9 Å². The van der Waals surface area contributed by atoms with E-state index in [1.54, 1.807) is 30.3 Å². The van der Waals surface area contributed by atoms with Crippen molar-refractivity contribution in [3.8, 4) is 0 Å². The minimum absolute atomic E-state index is 0.0476. The second kappa shape index (κ2) is 12.7. The summed E-state index contributed by atoms with van der Waals surface area (Å²) in [7, 11) is 0. The van der Waals surface area contributed by atoms with E-state index >= 15 is 0 Å². The summed E-state index contributed by atoms with van der Waals surface area (Å²) in [6.07, 6.45) is -3.63. The maximum atomic E-state index is 13.0. The molecule has 1 aromatic heterocycles. The highest BCUT2D eigenvalue weighted by Gasteiger charge is 2.46. The maximum absolute atomic E-state index is 13.0. The fourth-order valence-electron chi connectivity index (χ4n) is 5.53. The molecule has 1 saturated heterocycles. The van der Waals surface area contributed by atoms with E-state index in [4.69, 9.17) is 9.47 Å². The van der Waals surface area contributed by atoms with E-state index in [2.05, 4.69) is 10.3 Å². The molecule has 1 fully saturated rings. The second-order valence-corrected chi connectivity index (χ2v) is 10.5. The number of nitrogens with zero attached hydrogens (tertiary/aromatic N) is 2. The number of carbonyl (C=O) groups is 1. The van der Waals surface area contributed by atoms with Crippen molar-refractivity contribution in [3.05, 3.63) is 166 Å². The monoisotopic (exact) mass is 589 g/mol. The number of rotatable bonds is 9. The summed E-state index contributed by atoms with van der Waals surface area (Å²) in [5.74, 6) is -0.370. The summed E-state index contributed by atoms with van der Waals surface area (Å²) in [5.41, 5.74) is 1.20. The number of aromatic nitrogens is 2. The first kappa shape index (κ1) is 29.2. The van der Waals surface area contributed by atoms with Crippen LogP contribution in [0.5, 0.6) is 0 Å². The molecule has 1 aliphatic heterocycles. The zero-order chi connectivity index (χ0) is 30.5. The molecule has 5 aromatic rings. The fourth-order valence-corrected chi connectivity index (χ4v) is 5.53. The Bertz CT molecular complexity index is 1650. The van der Waals surface area contributed by atoms with Gasteiger partial charge >= 0.3 is 5.69 Å². The van der Waals surface area contributed by atoms with Crippen molar-refractivity contribution in [3.63, 3.8) is 0 Å². The van der Waals surface area contributed by atoms with E-state index in [0.717, 1.165) is 21.3 Å². The summed E-state index contributed by atoms with van der Waals surface area (Å²) < 4.78 is 13.9. The standard InChI is InChI=1S/C35H31N3O6/c39-30-28(44-33(31(30)40)38-22-21-29(37-34(38)42)36-32(41)24-13-5-1-6-14-24)23-43-35(25-15-7-2-8-16-25,26-17-9-3-10-18-26)27-19-11-4-12-20-27/h1-22,28,30-31,33,39-40H,23H2,(H,36,37,41,42)/t28-,30-,31-,33-/m1/s1. The minimum atomic E-state index is -1.44. The number of hydrogen-bond acceptors (Lipinski definition) is 7.